The van der Waals surface area contributed by atoms with Gasteiger partial charge in [0.15, 0.2) is 5.82 Å². The number of H-pyrrole nitrogens is 1. The van der Waals surface area contributed by atoms with E-state index in [1.807, 2.05) is 48.0 Å². The molecule has 0 bridgehead atoms. The van der Waals surface area contributed by atoms with Crippen molar-refractivity contribution in [3.8, 4) is 5.75 Å². The molecule has 1 saturated heterocycles. The van der Waals surface area contributed by atoms with Crippen LogP contribution in [0.1, 0.15) is 50.7 Å². The number of rotatable bonds is 6. The number of aromatic nitrogens is 5. The lowest BCUT2D eigenvalue weighted by molar-refractivity contribution is 0.190. The van der Waals surface area contributed by atoms with Crippen molar-refractivity contribution in [3.05, 3.63) is 74.8 Å². The minimum atomic E-state index is -0.421. The fourth-order valence-electron chi connectivity index (χ4n) is 5.15. The number of benzene rings is 2. The number of hydrogen-bond donors (Lipinski definition) is 1. The number of fused-ring (bicyclic) bond motifs is 1. The van der Waals surface area contributed by atoms with Gasteiger partial charge in [0, 0.05) is 53.4 Å². The fourth-order valence-corrected chi connectivity index (χ4v) is 5.31. The Hall–Kier alpha value is -3.43. The maximum absolute atomic E-state index is 13.5. The van der Waals surface area contributed by atoms with Gasteiger partial charge in [-0.15, -0.1) is 5.10 Å². The van der Waals surface area contributed by atoms with Gasteiger partial charge in [-0.05, 0) is 87.0 Å². The first kappa shape index (κ1) is 26.2. The molecular weight excluding hydrogens is 502 g/mol. The van der Waals surface area contributed by atoms with Gasteiger partial charge in [0.05, 0.1) is 12.1 Å². The number of tetrazole rings is 1. The molecule has 10 heteroatoms. The number of ether oxygens (including phenoxy) is 1. The Morgan fingerprint density at radius 2 is 1.84 bits per heavy atom. The van der Waals surface area contributed by atoms with Crippen molar-refractivity contribution < 1.29 is 4.74 Å². The van der Waals surface area contributed by atoms with Crippen molar-refractivity contribution in [2.24, 2.45) is 0 Å². The van der Waals surface area contributed by atoms with Crippen molar-refractivity contribution in [2.75, 3.05) is 37.7 Å². The van der Waals surface area contributed by atoms with Gasteiger partial charge in [-0.1, -0.05) is 17.7 Å². The minimum Gasteiger partial charge on any atom is -0.494 e. The largest absolute Gasteiger partial charge is 0.494 e. The summed E-state index contributed by atoms with van der Waals surface area (Å²) in [6.45, 7) is 13.8. The highest BCUT2D eigenvalue weighted by Crippen LogP contribution is 2.32. The zero-order chi connectivity index (χ0) is 27.0. The third-order valence-electron chi connectivity index (χ3n) is 7.01. The number of anilines is 1. The zero-order valence-corrected chi connectivity index (χ0v) is 23.3. The summed E-state index contributed by atoms with van der Waals surface area (Å²) < 4.78 is 7.54. The summed E-state index contributed by atoms with van der Waals surface area (Å²) in [7, 11) is 0. The summed E-state index contributed by atoms with van der Waals surface area (Å²) in [4.78, 5) is 21.3. The highest BCUT2D eigenvalue weighted by molar-refractivity contribution is 6.30. The predicted octanol–water partition coefficient (Wildman–Crippen LogP) is 4.54. The fraction of sp³-hybridized carbons (Fsp3) is 0.429. The summed E-state index contributed by atoms with van der Waals surface area (Å²) in [5.41, 5.74) is 3.19. The van der Waals surface area contributed by atoms with Crippen LogP contribution in [0.2, 0.25) is 5.02 Å². The topological polar surface area (TPSA) is 92.2 Å². The van der Waals surface area contributed by atoms with Gasteiger partial charge >= 0.3 is 0 Å². The number of hydrogen-bond acceptors (Lipinski definition) is 7. The van der Waals surface area contributed by atoms with Gasteiger partial charge in [-0.2, -0.15) is 0 Å². The maximum atomic E-state index is 13.5. The first-order chi connectivity index (χ1) is 18.2. The second kappa shape index (κ2) is 10.4. The van der Waals surface area contributed by atoms with Gasteiger partial charge in [0.25, 0.3) is 5.56 Å². The molecule has 1 atom stereocenters. The van der Waals surface area contributed by atoms with Crippen LogP contribution in [0, 0.1) is 6.92 Å². The third kappa shape index (κ3) is 5.13. The molecule has 1 aliphatic rings. The van der Waals surface area contributed by atoms with Crippen LogP contribution in [0.4, 0.5) is 5.69 Å². The molecule has 0 unspecified atom stereocenters. The summed E-state index contributed by atoms with van der Waals surface area (Å²) in [6.07, 6.45) is 0. The Balaban J connectivity index is 1.56. The number of nitrogens with zero attached hydrogens (tertiary/aromatic N) is 6. The van der Waals surface area contributed by atoms with Gasteiger partial charge in [0.2, 0.25) is 0 Å². The molecule has 9 nitrogen and oxygen atoms in total. The molecule has 1 N–H and O–H groups in total. The highest BCUT2D eigenvalue weighted by atomic mass is 35.5. The molecule has 0 amide bonds. The van der Waals surface area contributed by atoms with E-state index in [2.05, 4.69) is 64.1 Å². The van der Waals surface area contributed by atoms with Gasteiger partial charge < -0.3 is 14.6 Å². The molecule has 200 valence electrons. The second-order valence-electron chi connectivity index (χ2n) is 10.7. The third-order valence-corrected chi connectivity index (χ3v) is 7.25. The first-order valence-electron chi connectivity index (χ1n) is 13.0. The Morgan fingerprint density at radius 3 is 2.55 bits per heavy atom. The highest BCUT2D eigenvalue weighted by Gasteiger charge is 2.35. The lowest BCUT2D eigenvalue weighted by atomic mass is 10.0. The van der Waals surface area contributed by atoms with Crippen LogP contribution in [0.15, 0.2) is 47.3 Å². The smallest absolute Gasteiger partial charge is 0.253 e. The standard InChI is InChI=1S/C28H34ClN7O2/c1-6-38-21-9-10-23-19(15-21)16-22(27(37)30-23)25(26-31-32-33-36(26)28(3,4)5)35-13-11-34(12-14-35)24-17-20(29)8-7-18(24)2/h7-10,15-17,25H,6,11-14H2,1-5H3,(H,30,37)/t25-/m1/s1. The normalized spacial score (nSPS) is 15.7. The van der Waals surface area contributed by atoms with Gasteiger partial charge in [0.1, 0.15) is 11.8 Å². The van der Waals surface area contributed by atoms with E-state index in [-0.39, 0.29) is 11.1 Å². The number of nitrogens with one attached hydrogen (secondary N) is 1. The molecule has 1 fully saturated rings. The van der Waals surface area contributed by atoms with Crippen molar-refractivity contribution in [1.82, 2.24) is 30.1 Å². The molecule has 2 aromatic carbocycles. The van der Waals surface area contributed by atoms with Crippen LogP contribution < -0.4 is 15.2 Å². The average molecular weight is 536 g/mol. The average Bonchev–Trinajstić information content (AvgIpc) is 3.37. The molecule has 1 aliphatic heterocycles. The molecular formula is C28H34ClN7O2. The van der Waals surface area contributed by atoms with Crippen LogP contribution in [0.25, 0.3) is 10.9 Å². The lowest BCUT2D eigenvalue weighted by Crippen LogP contribution is -2.49. The summed E-state index contributed by atoms with van der Waals surface area (Å²) in [5.74, 6) is 1.41. The number of halogens is 1. The summed E-state index contributed by atoms with van der Waals surface area (Å²) in [6, 6.07) is 13.2. The van der Waals surface area contributed by atoms with Crippen LogP contribution in [-0.4, -0.2) is 62.9 Å². The quantitative estimate of drug-likeness (QED) is 0.387. The van der Waals surface area contributed by atoms with E-state index in [4.69, 9.17) is 16.3 Å². The SMILES string of the molecule is CCOc1ccc2[nH]c(=O)c([C@H](c3nnnn3C(C)(C)C)N3CCN(c4cc(Cl)ccc4C)CC3)cc2c1. The monoisotopic (exact) mass is 535 g/mol. The summed E-state index contributed by atoms with van der Waals surface area (Å²) >= 11 is 6.31. The molecule has 2 aromatic heterocycles. The van der Waals surface area contributed by atoms with Crippen LogP contribution in [0.5, 0.6) is 5.75 Å². The second-order valence-corrected chi connectivity index (χ2v) is 11.1. The molecule has 0 saturated carbocycles. The molecule has 38 heavy (non-hydrogen) atoms. The van der Waals surface area contributed by atoms with Crippen molar-refractivity contribution in [1.29, 1.82) is 0 Å². The molecule has 4 aromatic rings. The molecule has 0 aliphatic carbocycles. The predicted molar refractivity (Wildman–Crippen MR) is 150 cm³/mol. The lowest BCUT2D eigenvalue weighted by Gasteiger charge is -2.40. The number of piperazine rings is 1. The first-order valence-corrected chi connectivity index (χ1v) is 13.4. The van der Waals surface area contributed by atoms with Crippen LogP contribution in [-0.2, 0) is 5.54 Å². The van der Waals surface area contributed by atoms with Crippen LogP contribution >= 0.6 is 11.6 Å². The van der Waals surface area contributed by atoms with Gasteiger partial charge in [-0.3, -0.25) is 9.69 Å². The molecule has 0 spiro atoms. The zero-order valence-electron chi connectivity index (χ0n) is 22.5. The Kier molecular flexibility index (Phi) is 7.15. The van der Waals surface area contributed by atoms with Gasteiger partial charge in [-0.25, -0.2) is 4.68 Å². The van der Waals surface area contributed by atoms with E-state index in [0.29, 0.717) is 18.0 Å². The number of aryl methyl sites for hydroxylation is 1. The molecule has 0 radical (unpaired) electrons. The van der Waals surface area contributed by atoms with E-state index < -0.39 is 6.04 Å². The Morgan fingerprint density at radius 1 is 1.08 bits per heavy atom. The Bertz CT molecular complexity index is 1500. The van der Waals surface area contributed by atoms with Crippen molar-refractivity contribution in [3.63, 3.8) is 0 Å². The summed E-state index contributed by atoms with van der Waals surface area (Å²) in [5, 5.41) is 14.4. The molecule has 5 rings (SSSR count). The van der Waals surface area contributed by atoms with Crippen LogP contribution in [0.3, 0.4) is 0 Å². The van der Waals surface area contributed by atoms with E-state index in [1.54, 1.807) is 0 Å². The van der Waals surface area contributed by atoms with E-state index >= 15 is 0 Å². The van der Waals surface area contributed by atoms with Crippen molar-refractivity contribution >= 4 is 28.2 Å². The maximum Gasteiger partial charge on any atom is 0.253 e. The minimum absolute atomic E-state index is 0.150. The Labute approximate surface area is 227 Å². The number of aromatic amines is 1. The van der Waals surface area contributed by atoms with E-state index in [9.17, 15) is 4.79 Å². The van der Waals surface area contributed by atoms with Crippen molar-refractivity contribution in [2.45, 2.75) is 46.2 Å². The van der Waals surface area contributed by atoms with E-state index in [0.717, 1.165) is 53.5 Å². The van der Waals surface area contributed by atoms with E-state index in [1.165, 1.54) is 5.56 Å². The number of pyridine rings is 1. The molecule has 3 heterocycles.